The lowest BCUT2D eigenvalue weighted by Crippen LogP contribution is -2.36. The summed E-state index contributed by atoms with van der Waals surface area (Å²) in [6.07, 6.45) is -0.463. The van der Waals surface area contributed by atoms with Crippen LogP contribution >= 0.6 is 0 Å². The molecule has 0 saturated carbocycles. The average Bonchev–Trinajstić information content (AvgIpc) is 2.31. The van der Waals surface area contributed by atoms with E-state index in [1.165, 1.54) is 6.07 Å². The zero-order valence-electron chi connectivity index (χ0n) is 12.1. The van der Waals surface area contributed by atoms with Gasteiger partial charge in [-0.1, -0.05) is 23.7 Å². The summed E-state index contributed by atoms with van der Waals surface area (Å²) >= 11 is 0. The maximum Gasteiger partial charge on any atom is 0.407 e. The van der Waals surface area contributed by atoms with E-state index in [0.29, 0.717) is 25.2 Å². The van der Waals surface area contributed by atoms with Crippen LogP contribution in [0.5, 0.6) is 0 Å². The van der Waals surface area contributed by atoms with Gasteiger partial charge in [0.05, 0.1) is 0 Å². The van der Waals surface area contributed by atoms with Crippen molar-refractivity contribution in [2.75, 3.05) is 13.1 Å². The maximum atomic E-state index is 13.6. The molecule has 1 rings (SSSR count). The molecule has 0 aliphatic carbocycles. The Morgan fingerprint density at radius 3 is 2.70 bits per heavy atom. The number of benzene rings is 1. The fourth-order valence-corrected chi connectivity index (χ4v) is 1.53. The van der Waals surface area contributed by atoms with E-state index in [2.05, 4.69) is 10.6 Å². The van der Waals surface area contributed by atoms with Crippen molar-refractivity contribution in [1.82, 2.24) is 10.6 Å². The van der Waals surface area contributed by atoms with Crippen molar-refractivity contribution in [2.24, 2.45) is 0 Å². The zero-order valence-corrected chi connectivity index (χ0v) is 12.1. The molecule has 1 aromatic rings. The van der Waals surface area contributed by atoms with Gasteiger partial charge in [0, 0.05) is 25.2 Å². The van der Waals surface area contributed by atoms with E-state index >= 15 is 0 Å². The Labute approximate surface area is 120 Å². The quantitative estimate of drug-likeness (QED) is 0.629. The summed E-state index contributed by atoms with van der Waals surface area (Å²) in [5, 5.41) is 5.63. The standard InChI is InChI=1S/C14H20BFN2O2/c1-14(2,3)20-13(19)18-8-7-17-9-10-5-4-6-11(15)12(10)16/h4-6,17H,7-9H2,1-3H3,(H,18,19). The van der Waals surface area contributed by atoms with E-state index in [9.17, 15) is 9.18 Å². The highest BCUT2D eigenvalue weighted by Crippen LogP contribution is 2.06. The third-order valence-corrected chi connectivity index (χ3v) is 2.39. The van der Waals surface area contributed by atoms with E-state index in [1.807, 2.05) is 0 Å². The minimum atomic E-state index is -0.512. The molecule has 0 aliphatic rings. The van der Waals surface area contributed by atoms with Crippen LogP contribution in [0.25, 0.3) is 0 Å². The second kappa shape index (κ2) is 7.29. The highest BCUT2D eigenvalue weighted by molar-refractivity contribution is 6.32. The largest absolute Gasteiger partial charge is 0.444 e. The van der Waals surface area contributed by atoms with Crippen LogP contribution in [0.2, 0.25) is 0 Å². The summed E-state index contributed by atoms with van der Waals surface area (Å²) in [5.74, 6) is -0.403. The van der Waals surface area contributed by atoms with E-state index in [-0.39, 0.29) is 5.46 Å². The van der Waals surface area contributed by atoms with Crippen LogP contribution in [0.4, 0.5) is 9.18 Å². The molecule has 20 heavy (non-hydrogen) atoms. The molecule has 0 aliphatic heterocycles. The molecule has 6 heteroatoms. The van der Waals surface area contributed by atoms with Gasteiger partial charge >= 0.3 is 6.09 Å². The Morgan fingerprint density at radius 1 is 1.35 bits per heavy atom. The Kier molecular flexibility index (Phi) is 6.01. The lowest BCUT2D eigenvalue weighted by molar-refractivity contribution is 0.0528. The fourth-order valence-electron chi connectivity index (χ4n) is 1.53. The molecule has 0 bridgehead atoms. The second-order valence-corrected chi connectivity index (χ2v) is 5.43. The van der Waals surface area contributed by atoms with Crippen LogP contribution in [-0.2, 0) is 11.3 Å². The number of nitrogens with one attached hydrogen (secondary N) is 2. The molecule has 0 saturated heterocycles. The van der Waals surface area contributed by atoms with Gasteiger partial charge in [-0.2, -0.15) is 0 Å². The predicted molar refractivity (Wildman–Crippen MR) is 77.7 cm³/mol. The zero-order chi connectivity index (χ0) is 15.2. The number of hydrogen-bond donors (Lipinski definition) is 2. The van der Waals surface area contributed by atoms with Crippen molar-refractivity contribution in [3.8, 4) is 0 Å². The lowest BCUT2D eigenvalue weighted by Gasteiger charge is -2.19. The summed E-state index contributed by atoms with van der Waals surface area (Å²) in [5.41, 5.74) is 0.126. The normalized spacial score (nSPS) is 11.2. The van der Waals surface area contributed by atoms with Gasteiger partial charge in [-0.25, -0.2) is 9.18 Å². The Bertz CT molecular complexity index is 461. The number of halogens is 1. The topological polar surface area (TPSA) is 50.4 Å². The van der Waals surface area contributed by atoms with Gasteiger partial charge in [-0.05, 0) is 20.8 Å². The van der Waals surface area contributed by atoms with E-state index in [0.717, 1.165) is 0 Å². The molecule has 1 amide bonds. The summed E-state index contributed by atoms with van der Waals surface area (Å²) < 4.78 is 18.7. The van der Waals surface area contributed by atoms with Gasteiger partial charge < -0.3 is 15.4 Å². The summed E-state index contributed by atoms with van der Waals surface area (Å²) in [6, 6.07) is 4.89. The maximum absolute atomic E-state index is 13.6. The van der Waals surface area contributed by atoms with Crippen molar-refractivity contribution in [1.29, 1.82) is 0 Å². The molecule has 1 aromatic carbocycles. The SMILES string of the molecule is [B]c1cccc(CNCCNC(=O)OC(C)(C)C)c1F. The highest BCUT2D eigenvalue weighted by Gasteiger charge is 2.15. The minimum absolute atomic E-state index is 0.135. The number of amides is 1. The number of hydrogen-bond acceptors (Lipinski definition) is 3. The molecule has 4 nitrogen and oxygen atoms in total. The monoisotopic (exact) mass is 278 g/mol. The molecule has 0 aromatic heterocycles. The van der Waals surface area contributed by atoms with Gasteiger partial charge in [0.2, 0.25) is 0 Å². The number of rotatable bonds is 5. The first-order chi connectivity index (χ1) is 9.29. The molecule has 0 unspecified atom stereocenters. The number of carbonyl (C=O) groups is 1. The van der Waals surface area contributed by atoms with Gasteiger partial charge in [-0.3, -0.25) is 0 Å². The Balaban J connectivity index is 2.23. The Morgan fingerprint density at radius 2 is 2.05 bits per heavy atom. The molecule has 2 radical (unpaired) electrons. The summed E-state index contributed by atoms with van der Waals surface area (Å²) in [4.78, 5) is 11.4. The van der Waals surface area contributed by atoms with Crippen LogP contribution in [0.15, 0.2) is 18.2 Å². The van der Waals surface area contributed by atoms with Gasteiger partial charge in [0.1, 0.15) is 19.3 Å². The van der Waals surface area contributed by atoms with Gasteiger partial charge in [0.15, 0.2) is 0 Å². The minimum Gasteiger partial charge on any atom is -0.444 e. The van der Waals surface area contributed by atoms with Crippen molar-refractivity contribution in [3.63, 3.8) is 0 Å². The van der Waals surface area contributed by atoms with E-state index in [4.69, 9.17) is 12.6 Å². The molecule has 0 spiro atoms. The molecule has 0 heterocycles. The molecular weight excluding hydrogens is 258 g/mol. The summed E-state index contributed by atoms with van der Waals surface area (Å²) in [6.45, 7) is 6.66. The van der Waals surface area contributed by atoms with Gasteiger partial charge in [0.25, 0.3) is 0 Å². The first kappa shape index (κ1) is 16.5. The molecule has 0 fully saturated rings. The number of alkyl carbamates (subject to hydrolysis) is 1. The molecule has 0 atom stereocenters. The smallest absolute Gasteiger partial charge is 0.407 e. The number of carbonyl (C=O) groups excluding carboxylic acids is 1. The van der Waals surface area contributed by atoms with Crippen molar-refractivity contribution < 1.29 is 13.9 Å². The molecule has 108 valence electrons. The third kappa shape index (κ3) is 6.06. The van der Waals surface area contributed by atoms with Crippen LogP contribution in [0.3, 0.4) is 0 Å². The van der Waals surface area contributed by atoms with Crippen LogP contribution in [-0.4, -0.2) is 32.6 Å². The molecule has 2 N–H and O–H groups in total. The predicted octanol–water partition coefficient (Wildman–Crippen LogP) is 1.23. The van der Waals surface area contributed by atoms with Crippen molar-refractivity contribution in [2.45, 2.75) is 32.9 Å². The number of ether oxygens (including phenoxy) is 1. The highest BCUT2D eigenvalue weighted by atomic mass is 19.1. The van der Waals surface area contributed by atoms with E-state index in [1.54, 1.807) is 32.9 Å². The van der Waals surface area contributed by atoms with Crippen LogP contribution < -0.4 is 16.1 Å². The van der Waals surface area contributed by atoms with Gasteiger partial charge in [-0.15, -0.1) is 0 Å². The fraction of sp³-hybridized carbons (Fsp3) is 0.500. The van der Waals surface area contributed by atoms with Crippen LogP contribution in [0.1, 0.15) is 26.3 Å². The Hall–Kier alpha value is -1.56. The lowest BCUT2D eigenvalue weighted by atomic mass is 9.93. The first-order valence-corrected chi connectivity index (χ1v) is 6.50. The average molecular weight is 278 g/mol. The third-order valence-electron chi connectivity index (χ3n) is 2.39. The molecular formula is C14H20BFN2O2. The van der Waals surface area contributed by atoms with E-state index < -0.39 is 17.5 Å². The second-order valence-electron chi connectivity index (χ2n) is 5.43. The first-order valence-electron chi connectivity index (χ1n) is 6.50. The van der Waals surface area contributed by atoms with Crippen molar-refractivity contribution >= 4 is 19.4 Å². The summed E-state index contributed by atoms with van der Waals surface area (Å²) in [7, 11) is 5.47. The van der Waals surface area contributed by atoms with Crippen molar-refractivity contribution in [3.05, 3.63) is 29.6 Å². The van der Waals surface area contributed by atoms with Crippen LogP contribution in [0, 0.1) is 5.82 Å².